The highest BCUT2D eigenvalue weighted by molar-refractivity contribution is 5.76. The number of halogens is 5. The number of imidazole rings is 1. The molecule has 2 aliphatic rings. The maximum Gasteiger partial charge on any atom is 0.392 e. The topological polar surface area (TPSA) is 85.3 Å². The van der Waals surface area contributed by atoms with Crippen LogP contribution in [-0.2, 0) is 4.79 Å². The third-order valence-electron chi connectivity index (χ3n) is 7.32. The second-order valence-electron chi connectivity index (χ2n) is 9.86. The van der Waals surface area contributed by atoms with E-state index in [1.807, 2.05) is 0 Å². The van der Waals surface area contributed by atoms with Gasteiger partial charge in [-0.05, 0) is 49.1 Å². The second kappa shape index (κ2) is 10.4. The monoisotopic (exact) mass is 503 g/mol. The minimum atomic E-state index is -4.43. The highest BCUT2D eigenvalue weighted by atomic mass is 19.4. The van der Waals surface area contributed by atoms with Gasteiger partial charge in [-0.2, -0.15) is 18.3 Å². The van der Waals surface area contributed by atoms with Crippen LogP contribution in [0, 0.1) is 17.8 Å². The molecule has 1 unspecified atom stereocenters. The van der Waals surface area contributed by atoms with Gasteiger partial charge in [0.25, 0.3) is 0 Å². The Morgan fingerprint density at radius 3 is 2.46 bits per heavy atom. The van der Waals surface area contributed by atoms with Crippen LogP contribution in [0.25, 0.3) is 5.65 Å². The molecular formula is C24H34F5N5O. The first-order chi connectivity index (χ1) is 15.9. The summed E-state index contributed by atoms with van der Waals surface area (Å²) in [7, 11) is 0. The Bertz CT molecular complexity index is 1010. The fourth-order valence-electron chi connectivity index (χ4n) is 4.78. The van der Waals surface area contributed by atoms with E-state index in [0.717, 1.165) is 26.2 Å². The van der Waals surface area contributed by atoms with E-state index in [4.69, 9.17) is 5.73 Å². The molecule has 2 saturated carbocycles. The van der Waals surface area contributed by atoms with Gasteiger partial charge in [0.05, 0.1) is 36.1 Å². The largest absolute Gasteiger partial charge is 0.392 e. The molecule has 0 bridgehead atoms. The van der Waals surface area contributed by atoms with Gasteiger partial charge in [0, 0.05) is 19.3 Å². The smallest absolute Gasteiger partial charge is 0.349 e. The summed E-state index contributed by atoms with van der Waals surface area (Å²) in [5.41, 5.74) is 8.07. The van der Waals surface area contributed by atoms with Gasteiger partial charge in [0.15, 0.2) is 5.65 Å². The van der Waals surface area contributed by atoms with E-state index in [9.17, 15) is 26.7 Å². The summed E-state index contributed by atoms with van der Waals surface area (Å²) in [6, 6.07) is 0.815. The van der Waals surface area contributed by atoms with Gasteiger partial charge in [-0.25, -0.2) is 18.3 Å². The quantitative estimate of drug-likeness (QED) is 0.472. The van der Waals surface area contributed by atoms with Crippen molar-refractivity contribution in [3.8, 4) is 0 Å². The molecule has 0 spiro atoms. The van der Waals surface area contributed by atoms with E-state index in [-0.39, 0.29) is 32.1 Å². The first kappa shape index (κ1) is 27.3. The molecule has 196 valence electrons. The molecule has 3 atom stereocenters. The standard InChI is InChI=1S/C23H30F5N5O.CH4/c1-13(23(26,27)28)9-19(34)32-21(15-3-2-4-15)16-10-18-31-17(12-33(18)30-11-16)20(29)14-5-7-22(24,25)8-6-14;/h10-15,20-21H,2-9,29H2,1H3,(H,32,34);1H4/t13?,20-,21+;/m0./s1. The molecule has 0 radical (unpaired) electrons. The van der Waals surface area contributed by atoms with Crippen LogP contribution in [0.2, 0.25) is 0 Å². The van der Waals surface area contributed by atoms with Crippen molar-refractivity contribution in [3.63, 3.8) is 0 Å². The number of carbonyl (C=O) groups excluding carboxylic acids is 1. The fourth-order valence-corrected chi connectivity index (χ4v) is 4.78. The summed E-state index contributed by atoms with van der Waals surface area (Å²) in [5.74, 6) is -4.99. The Morgan fingerprint density at radius 2 is 1.89 bits per heavy atom. The van der Waals surface area contributed by atoms with Gasteiger partial charge in [0.1, 0.15) is 0 Å². The molecule has 11 heteroatoms. The SMILES string of the molecule is C.CC(CC(=O)N[C@@H](c1cnn2cc([C@@H](N)C3CCC(F)(F)CC3)nc2c1)C1CCC1)C(F)(F)F. The van der Waals surface area contributed by atoms with E-state index in [1.54, 1.807) is 23.0 Å². The number of alkyl halides is 5. The van der Waals surface area contributed by atoms with E-state index in [2.05, 4.69) is 15.4 Å². The first-order valence-corrected chi connectivity index (χ1v) is 11.8. The minimum Gasteiger partial charge on any atom is -0.349 e. The Kier molecular flexibility index (Phi) is 8.08. The molecule has 2 heterocycles. The number of nitrogens with two attached hydrogens (primary N) is 1. The third-order valence-corrected chi connectivity index (χ3v) is 7.32. The Hall–Kier alpha value is -2.30. The lowest BCUT2D eigenvalue weighted by atomic mass is 9.77. The predicted octanol–water partition coefficient (Wildman–Crippen LogP) is 5.74. The lowest BCUT2D eigenvalue weighted by molar-refractivity contribution is -0.174. The van der Waals surface area contributed by atoms with Crippen LogP contribution in [0.1, 0.15) is 89.1 Å². The zero-order valence-corrected chi connectivity index (χ0v) is 19.0. The van der Waals surface area contributed by atoms with Gasteiger partial charge in [-0.1, -0.05) is 20.8 Å². The van der Waals surface area contributed by atoms with Crippen molar-refractivity contribution in [1.82, 2.24) is 19.9 Å². The van der Waals surface area contributed by atoms with Crippen molar-refractivity contribution in [1.29, 1.82) is 0 Å². The molecule has 4 rings (SSSR count). The van der Waals surface area contributed by atoms with E-state index < -0.39 is 42.4 Å². The number of rotatable bonds is 7. The van der Waals surface area contributed by atoms with Crippen LogP contribution in [-0.4, -0.2) is 32.6 Å². The van der Waals surface area contributed by atoms with Gasteiger partial charge < -0.3 is 11.1 Å². The maximum atomic E-state index is 13.5. The number of hydrogen-bond donors (Lipinski definition) is 2. The third kappa shape index (κ3) is 6.29. The van der Waals surface area contributed by atoms with Crippen LogP contribution in [0.4, 0.5) is 22.0 Å². The summed E-state index contributed by atoms with van der Waals surface area (Å²) >= 11 is 0. The van der Waals surface area contributed by atoms with Gasteiger partial charge >= 0.3 is 6.18 Å². The Labute approximate surface area is 201 Å². The number of carbonyl (C=O) groups is 1. The van der Waals surface area contributed by atoms with E-state index in [1.165, 1.54) is 0 Å². The zero-order valence-electron chi connectivity index (χ0n) is 19.0. The summed E-state index contributed by atoms with van der Waals surface area (Å²) < 4.78 is 67.1. The fraction of sp³-hybridized carbons (Fsp3) is 0.708. The lowest BCUT2D eigenvalue weighted by Gasteiger charge is -2.34. The molecule has 35 heavy (non-hydrogen) atoms. The highest BCUT2D eigenvalue weighted by Crippen LogP contribution is 2.41. The molecule has 6 nitrogen and oxygen atoms in total. The molecule has 0 aromatic carbocycles. The molecule has 2 fully saturated rings. The summed E-state index contributed by atoms with van der Waals surface area (Å²) in [6.45, 7) is 0.994. The minimum absolute atomic E-state index is 0. The van der Waals surface area contributed by atoms with Crippen LogP contribution in [0.5, 0.6) is 0 Å². The summed E-state index contributed by atoms with van der Waals surface area (Å²) in [6.07, 6.45) is 1.21. The average Bonchev–Trinajstić information content (AvgIpc) is 3.14. The molecule has 0 saturated heterocycles. The van der Waals surface area contributed by atoms with E-state index >= 15 is 0 Å². The van der Waals surface area contributed by atoms with Crippen molar-refractivity contribution >= 4 is 11.6 Å². The van der Waals surface area contributed by atoms with Crippen molar-refractivity contribution in [2.75, 3.05) is 0 Å². The number of nitrogens with one attached hydrogen (secondary N) is 1. The number of aromatic nitrogens is 3. The molecule has 2 aliphatic carbocycles. The Balaban J connectivity index is 0.00000342. The highest BCUT2D eigenvalue weighted by Gasteiger charge is 2.39. The molecule has 3 N–H and O–H groups in total. The van der Waals surface area contributed by atoms with Gasteiger partial charge in [0.2, 0.25) is 11.8 Å². The van der Waals surface area contributed by atoms with Crippen molar-refractivity contribution in [3.05, 3.63) is 29.7 Å². The van der Waals surface area contributed by atoms with Crippen molar-refractivity contribution in [2.24, 2.45) is 23.5 Å². The first-order valence-electron chi connectivity index (χ1n) is 11.8. The normalized spacial score (nSPS) is 21.6. The molecule has 2 aromatic heterocycles. The molecule has 2 aromatic rings. The summed E-state index contributed by atoms with van der Waals surface area (Å²) in [5, 5.41) is 7.15. The lowest BCUT2D eigenvalue weighted by Crippen LogP contribution is -2.38. The summed E-state index contributed by atoms with van der Waals surface area (Å²) in [4.78, 5) is 16.9. The van der Waals surface area contributed by atoms with Crippen molar-refractivity contribution < 1.29 is 26.7 Å². The van der Waals surface area contributed by atoms with Crippen LogP contribution < -0.4 is 11.1 Å². The number of fused-ring (bicyclic) bond motifs is 1. The number of hydrogen-bond acceptors (Lipinski definition) is 4. The predicted molar refractivity (Wildman–Crippen MR) is 122 cm³/mol. The second-order valence-corrected chi connectivity index (χ2v) is 9.86. The maximum absolute atomic E-state index is 13.5. The molecule has 1 amide bonds. The molecular weight excluding hydrogens is 469 g/mol. The van der Waals surface area contributed by atoms with Crippen molar-refractivity contribution in [2.45, 2.75) is 89.9 Å². The van der Waals surface area contributed by atoms with Gasteiger partial charge in [-0.3, -0.25) is 4.79 Å². The van der Waals surface area contributed by atoms with Crippen LogP contribution in [0.3, 0.4) is 0 Å². The Morgan fingerprint density at radius 1 is 1.23 bits per heavy atom. The average molecular weight is 504 g/mol. The van der Waals surface area contributed by atoms with Crippen LogP contribution in [0.15, 0.2) is 18.5 Å². The van der Waals surface area contributed by atoms with E-state index in [0.29, 0.717) is 29.7 Å². The van der Waals surface area contributed by atoms with Crippen LogP contribution >= 0.6 is 0 Å². The van der Waals surface area contributed by atoms with Gasteiger partial charge in [-0.15, -0.1) is 0 Å². The number of nitrogens with zero attached hydrogens (tertiary/aromatic N) is 3. The molecule has 0 aliphatic heterocycles. The number of amides is 1. The zero-order chi connectivity index (χ0) is 24.7.